The number of rotatable bonds is 4. The fourth-order valence-corrected chi connectivity index (χ4v) is 3.81. The molecule has 0 heterocycles. The predicted molar refractivity (Wildman–Crippen MR) is 89.1 cm³/mol. The predicted octanol–water partition coefficient (Wildman–Crippen LogP) is 3.09. The van der Waals surface area contributed by atoms with Gasteiger partial charge in [-0.05, 0) is 50.8 Å². The van der Waals surface area contributed by atoms with Gasteiger partial charge >= 0.3 is 5.97 Å². The Hall–Kier alpha value is -2.24. The molecule has 2 aliphatic carbocycles. The fourth-order valence-electron chi connectivity index (χ4n) is 3.81. The molecule has 3 rings (SSSR count). The van der Waals surface area contributed by atoms with Crippen molar-refractivity contribution in [3.63, 3.8) is 0 Å². The standard InChI is InChI=1S/C19H22FNO4/c1-11(18(23)21-16-7-3-6-15(20)10-16)25-19(24)14-8-12-4-2-5-13(9-14)17(12)22/h3,6-7,10-14H,2,4-5,8-9H2,1H3,(H,21,23)/t11-,12-,13+,14?/m1/s1. The minimum absolute atomic E-state index is 0.0403. The van der Waals surface area contributed by atoms with Crippen LogP contribution in [0.3, 0.4) is 0 Å². The second-order valence-electron chi connectivity index (χ2n) is 6.97. The van der Waals surface area contributed by atoms with Crippen molar-refractivity contribution in [1.29, 1.82) is 0 Å². The fraction of sp³-hybridized carbons (Fsp3) is 0.526. The summed E-state index contributed by atoms with van der Waals surface area (Å²) in [5.74, 6) is -1.51. The number of esters is 1. The van der Waals surface area contributed by atoms with Crippen LogP contribution in [0.1, 0.15) is 39.0 Å². The van der Waals surface area contributed by atoms with Gasteiger partial charge in [0.2, 0.25) is 0 Å². The number of benzene rings is 1. The lowest BCUT2D eigenvalue weighted by molar-refractivity contribution is -0.161. The summed E-state index contributed by atoms with van der Waals surface area (Å²) in [5, 5.41) is 2.53. The Morgan fingerprint density at radius 1 is 1.24 bits per heavy atom. The van der Waals surface area contributed by atoms with Crippen molar-refractivity contribution in [2.45, 2.75) is 45.1 Å². The van der Waals surface area contributed by atoms with Gasteiger partial charge in [0.05, 0.1) is 5.92 Å². The molecule has 0 saturated heterocycles. The number of nitrogens with one attached hydrogen (secondary N) is 1. The van der Waals surface area contributed by atoms with Crippen LogP contribution in [-0.2, 0) is 19.1 Å². The Labute approximate surface area is 145 Å². The Bertz CT molecular complexity index is 674. The second-order valence-corrected chi connectivity index (χ2v) is 6.97. The number of hydrogen-bond donors (Lipinski definition) is 1. The molecule has 2 bridgehead atoms. The highest BCUT2D eigenvalue weighted by Gasteiger charge is 2.42. The normalized spacial score (nSPS) is 26.6. The van der Waals surface area contributed by atoms with Crippen LogP contribution < -0.4 is 5.32 Å². The monoisotopic (exact) mass is 347 g/mol. The summed E-state index contributed by atoms with van der Waals surface area (Å²) in [6.07, 6.45) is 2.78. The third-order valence-corrected chi connectivity index (χ3v) is 5.14. The lowest BCUT2D eigenvalue weighted by atomic mass is 9.67. The average molecular weight is 347 g/mol. The van der Waals surface area contributed by atoms with Gasteiger partial charge in [0, 0.05) is 17.5 Å². The lowest BCUT2D eigenvalue weighted by Crippen LogP contribution is -2.41. The molecule has 0 aromatic heterocycles. The van der Waals surface area contributed by atoms with Gasteiger partial charge in [0.15, 0.2) is 6.10 Å². The van der Waals surface area contributed by atoms with Crippen molar-refractivity contribution >= 4 is 23.3 Å². The molecule has 2 aliphatic rings. The first kappa shape index (κ1) is 17.6. The number of carbonyl (C=O) groups excluding carboxylic acids is 3. The summed E-state index contributed by atoms with van der Waals surface area (Å²) in [5.41, 5.74) is 0.311. The van der Waals surface area contributed by atoms with E-state index in [-0.39, 0.29) is 23.5 Å². The van der Waals surface area contributed by atoms with E-state index in [0.717, 1.165) is 19.3 Å². The van der Waals surface area contributed by atoms with Crippen molar-refractivity contribution < 1.29 is 23.5 Å². The maximum atomic E-state index is 13.2. The number of fused-ring (bicyclic) bond motifs is 2. The number of Topliss-reactive ketones (excluding diaryl/α,β-unsaturated/α-hetero) is 1. The van der Waals surface area contributed by atoms with Gasteiger partial charge in [0.25, 0.3) is 5.91 Å². The van der Waals surface area contributed by atoms with Gasteiger partial charge in [0.1, 0.15) is 11.6 Å². The van der Waals surface area contributed by atoms with Crippen LogP contribution in [0.5, 0.6) is 0 Å². The Balaban J connectivity index is 1.55. The molecule has 25 heavy (non-hydrogen) atoms. The molecule has 6 heteroatoms. The van der Waals surface area contributed by atoms with Gasteiger partial charge in [-0.3, -0.25) is 14.4 Å². The van der Waals surface area contributed by atoms with Gasteiger partial charge in [-0.1, -0.05) is 12.5 Å². The first-order chi connectivity index (χ1) is 11.9. The van der Waals surface area contributed by atoms with Crippen LogP contribution in [0, 0.1) is 23.6 Å². The zero-order chi connectivity index (χ0) is 18.0. The van der Waals surface area contributed by atoms with Gasteiger partial charge in [-0.15, -0.1) is 0 Å². The summed E-state index contributed by atoms with van der Waals surface area (Å²) in [7, 11) is 0. The van der Waals surface area contributed by atoms with Crippen molar-refractivity contribution in [3.05, 3.63) is 30.1 Å². The summed E-state index contributed by atoms with van der Waals surface area (Å²) in [6.45, 7) is 1.49. The molecule has 0 spiro atoms. The van der Waals surface area contributed by atoms with E-state index in [1.807, 2.05) is 0 Å². The van der Waals surface area contributed by atoms with Crippen LogP contribution in [0.4, 0.5) is 10.1 Å². The molecule has 134 valence electrons. The Morgan fingerprint density at radius 2 is 1.92 bits per heavy atom. The third kappa shape index (κ3) is 4.06. The van der Waals surface area contributed by atoms with E-state index in [4.69, 9.17) is 4.74 Å². The third-order valence-electron chi connectivity index (χ3n) is 5.14. The Morgan fingerprint density at radius 3 is 2.56 bits per heavy atom. The van der Waals surface area contributed by atoms with E-state index in [2.05, 4.69) is 5.32 Å². The van der Waals surface area contributed by atoms with Gasteiger partial charge in [-0.25, -0.2) is 4.39 Å². The summed E-state index contributed by atoms with van der Waals surface area (Å²) in [4.78, 5) is 36.6. The largest absolute Gasteiger partial charge is 0.452 e. The van der Waals surface area contributed by atoms with E-state index in [9.17, 15) is 18.8 Å². The van der Waals surface area contributed by atoms with Crippen LogP contribution in [-0.4, -0.2) is 23.8 Å². The second kappa shape index (κ2) is 7.33. The molecule has 5 nitrogen and oxygen atoms in total. The highest BCUT2D eigenvalue weighted by atomic mass is 19.1. The van der Waals surface area contributed by atoms with Crippen molar-refractivity contribution in [3.8, 4) is 0 Å². The molecule has 4 atom stereocenters. The minimum atomic E-state index is -0.978. The number of carbonyl (C=O) groups is 3. The van der Waals surface area contributed by atoms with Crippen LogP contribution in [0.15, 0.2) is 24.3 Å². The molecule has 1 aromatic carbocycles. The molecule has 1 amide bonds. The maximum Gasteiger partial charge on any atom is 0.309 e. The van der Waals surface area contributed by atoms with Crippen molar-refractivity contribution in [2.75, 3.05) is 5.32 Å². The number of amides is 1. The number of ether oxygens (including phenoxy) is 1. The van der Waals surface area contributed by atoms with Crippen LogP contribution >= 0.6 is 0 Å². The van der Waals surface area contributed by atoms with Crippen molar-refractivity contribution in [2.24, 2.45) is 17.8 Å². The van der Waals surface area contributed by atoms with Crippen LogP contribution in [0.25, 0.3) is 0 Å². The highest BCUT2D eigenvalue weighted by Crippen LogP contribution is 2.40. The molecular formula is C19H22FNO4. The molecule has 2 fully saturated rings. The lowest BCUT2D eigenvalue weighted by Gasteiger charge is -2.36. The topological polar surface area (TPSA) is 72.5 Å². The summed E-state index contributed by atoms with van der Waals surface area (Å²) in [6, 6.07) is 5.52. The molecule has 0 radical (unpaired) electrons. The Kier molecular flexibility index (Phi) is 5.16. The zero-order valence-corrected chi connectivity index (χ0v) is 14.2. The zero-order valence-electron chi connectivity index (χ0n) is 14.2. The first-order valence-corrected chi connectivity index (χ1v) is 8.74. The molecule has 1 N–H and O–H groups in total. The molecular weight excluding hydrogens is 325 g/mol. The minimum Gasteiger partial charge on any atom is -0.452 e. The number of halogens is 1. The highest BCUT2D eigenvalue weighted by molar-refractivity contribution is 5.95. The van der Waals surface area contributed by atoms with Gasteiger partial charge < -0.3 is 10.1 Å². The van der Waals surface area contributed by atoms with E-state index in [0.29, 0.717) is 18.5 Å². The average Bonchev–Trinajstić information content (AvgIpc) is 2.54. The molecule has 1 aromatic rings. The summed E-state index contributed by atoms with van der Waals surface area (Å²) >= 11 is 0. The molecule has 1 unspecified atom stereocenters. The molecule has 2 saturated carbocycles. The van der Waals surface area contributed by atoms with E-state index < -0.39 is 23.8 Å². The SMILES string of the molecule is C[C@@H](OC(=O)C1C[C@H]2CCC[C@@H](C1)C2=O)C(=O)Nc1cccc(F)c1. The number of ketones is 1. The quantitative estimate of drug-likeness (QED) is 0.850. The summed E-state index contributed by atoms with van der Waals surface area (Å²) < 4.78 is 18.5. The van der Waals surface area contributed by atoms with Crippen molar-refractivity contribution in [1.82, 2.24) is 0 Å². The first-order valence-electron chi connectivity index (χ1n) is 8.74. The molecule has 0 aliphatic heterocycles. The number of hydrogen-bond acceptors (Lipinski definition) is 4. The van der Waals surface area contributed by atoms with E-state index in [1.54, 1.807) is 6.07 Å². The smallest absolute Gasteiger partial charge is 0.309 e. The number of anilines is 1. The maximum absolute atomic E-state index is 13.2. The van der Waals surface area contributed by atoms with E-state index >= 15 is 0 Å². The van der Waals surface area contributed by atoms with Gasteiger partial charge in [-0.2, -0.15) is 0 Å². The van der Waals surface area contributed by atoms with Crippen LogP contribution in [0.2, 0.25) is 0 Å². The van der Waals surface area contributed by atoms with E-state index in [1.165, 1.54) is 25.1 Å².